The second-order valence-electron chi connectivity index (χ2n) is 4.74. The third kappa shape index (κ3) is 3.11. The van der Waals surface area contributed by atoms with Gasteiger partial charge in [0.1, 0.15) is 0 Å². The van der Waals surface area contributed by atoms with Crippen LogP contribution in [0.15, 0.2) is 36.8 Å². The number of nitrogens with zero attached hydrogens (tertiary/aromatic N) is 2. The van der Waals surface area contributed by atoms with Crippen LogP contribution in [0, 0.1) is 0 Å². The van der Waals surface area contributed by atoms with Crippen molar-refractivity contribution >= 4 is 23.3 Å². The molecule has 1 unspecified atom stereocenters. The number of nitrogens with one attached hydrogen (secondary N) is 1. The van der Waals surface area contributed by atoms with Gasteiger partial charge < -0.3 is 15.0 Å². The molecule has 0 saturated heterocycles. The van der Waals surface area contributed by atoms with Crippen molar-refractivity contribution in [1.82, 2.24) is 9.55 Å². The Morgan fingerprint density at radius 2 is 2.00 bits per heavy atom. The second kappa shape index (κ2) is 5.96. The molecule has 0 aliphatic rings. The number of hydrogen-bond donors (Lipinski definition) is 2. The number of imidazole rings is 1. The summed E-state index contributed by atoms with van der Waals surface area (Å²) >= 11 is 5.82. The van der Waals surface area contributed by atoms with E-state index in [0.29, 0.717) is 16.4 Å². The van der Waals surface area contributed by atoms with E-state index in [0.717, 1.165) is 0 Å². The SMILES string of the molecule is CC(C)n1cncc1C(Nc1ccc(Cl)cc1)C(=O)O. The van der Waals surface area contributed by atoms with Gasteiger partial charge in [-0.25, -0.2) is 9.78 Å². The fraction of sp³-hybridized carbons (Fsp3) is 0.286. The first kappa shape index (κ1) is 14.4. The Morgan fingerprint density at radius 3 is 2.55 bits per heavy atom. The molecular weight excluding hydrogens is 278 g/mol. The van der Waals surface area contributed by atoms with Gasteiger partial charge in [0.25, 0.3) is 0 Å². The largest absolute Gasteiger partial charge is 0.479 e. The number of benzene rings is 1. The van der Waals surface area contributed by atoms with Crippen LogP contribution in [0.5, 0.6) is 0 Å². The predicted molar refractivity (Wildman–Crippen MR) is 78.1 cm³/mol. The van der Waals surface area contributed by atoms with Gasteiger partial charge in [0, 0.05) is 16.8 Å². The van der Waals surface area contributed by atoms with Crippen LogP contribution in [0.3, 0.4) is 0 Å². The minimum Gasteiger partial charge on any atom is -0.479 e. The van der Waals surface area contributed by atoms with Gasteiger partial charge in [0.15, 0.2) is 6.04 Å². The van der Waals surface area contributed by atoms with E-state index in [9.17, 15) is 9.90 Å². The van der Waals surface area contributed by atoms with E-state index in [1.165, 1.54) is 0 Å². The second-order valence-corrected chi connectivity index (χ2v) is 5.18. The van der Waals surface area contributed by atoms with Gasteiger partial charge in [-0.2, -0.15) is 0 Å². The molecule has 0 saturated carbocycles. The number of rotatable bonds is 5. The Bertz CT molecular complexity index is 593. The molecule has 0 spiro atoms. The number of carboxylic acid groups (broad SMARTS) is 1. The zero-order valence-electron chi connectivity index (χ0n) is 11.2. The lowest BCUT2D eigenvalue weighted by Gasteiger charge is -2.19. The molecule has 0 aliphatic carbocycles. The lowest BCUT2D eigenvalue weighted by molar-refractivity contribution is -0.138. The van der Waals surface area contributed by atoms with Crippen LogP contribution in [0.2, 0.25) is 5.02 Å². The van der Waals surface area contributed by atoms with E-state index in [4.69, 9.17) is 11.6 Å². The van der Waals surface area contributed by atoms with Crippen LogP contribution < -0.4 is 5.32 Å². The maximum Gasteiger partial charge on any atom is 0.332 e. The molecule has 0 amide bonds. The smallest absolute Gasteiger partial charge is 0.332 e. The first-order chi connectivity index (χ1) is 9.49. The minimum absolute atomic E-state index is 0.140. The topological polar surface area (TPSA) is 67.2 Å². The molecule has 0 aliphatic heterocycles. The summed E-state index contributed by atoms with van der Waals surface area (Å²) in [6, 6.07) is 6.19. The number of carbonyl (C=O) groups is 1. The van der Waals surface area contributed by atoms with E-state index < -0.39 is 12.0 Å². The first-order valence-corrected chi connectivity index (χ1v) is 6.63. The fourth-order valence-corrected chi connectivity index (χ4v) is 2.07. The van der Waals surface area contributed by atoms with E-state index >= 15 is 0 Å². The summed E-state index contributed by atoms with van der Waals surface area (Å²) in [6.07, 6.45) is 3.21. The monoisotopic (exact) mass is 293 g/mol. The van der Waals surface area contributed by atoms with Crippen molar-refractivity contribution in [3.63, 3.8) is 0 Å². The molecular formula is C14H16ClN3O2. The molecule has 2 N–H and O–H groups in total. The standard InChI is InChI=1S/C14H16ClN3O2/c1-9(2)18-8-16-7-12(18)13(14(19)20)17-11-5-3-10(15)4-6-11/h3-9,13,17H,1-2H3,(H,19,20). The van der Waals surface area contributed by atoms with Crippen LogP contribution in [0.25, 0.3) is 0 Å². The van der Waals surface area contributed by atoms with Gasteiger partial charge in [-0.3, -0.25) is 0 Å². The number of halogens is 1. The molecule has 0 bridgehead atoms. The Hall–Kier alpha value is -2.01. The zero-order chi connectivity index (χ0) is 14.7. The Kier molecular flexibility index (Phi) is 4.29. The van der Waals surface area contributed by atoms with E-state index in [1.54, 1.807) is 36.8 Å². The summed E-state index contributed by atoms with van der Waals surface area (Å²) in [6.45, 7) is 3.96. The van der Waals surface area contributed by atoms with E-state index in [2.05, 4.69) is 10.3 Å². The molecule has 5 nitrogen and oxygen atoms in total. The molecule has 1 atom stereocenters. The van der Waals surface area contributed by atoms with E-state index in [1.807, 2.05) is 18.4 Å². The van der Waals surface area contributed by atoms with Crippen molar-refractivity contribution in [3.8, 4) is 0 Å². The highest BCUT2D eigenvalue weighted by atomic mass is 35.5. The van der Waals surface area contributed by atoms with Gasteiger partial charge in [-0.1, -0.05) is 11.6 Å². The highest BCUT2D eigenvalue weighted by Crippen LogP contribution is 2.23. The molecule has 0 radical (unpaired) electrons. The molecule has 1 aromatic carbocycles. The van der Waals surface area contributed by atoms with Crippen molar-refractivity contribution in [2.75, 3.05) is 5.32 Å². The lowest BCUT2D eigenvalue weighted by atomic mass is 10.2. The highest BCUT2D eigenvalue weighted by molar-refractivity contribution is 6.30. The minimum atomic E-state index is -0.956. The maximum absolute atomic E-state index is 11.5. The van der Waals surface area contributed by atoms with Gasteiger partial charge >= 0.3 is 5.97 Å². The Morgan fingerprint density at radius 1 is 1.35 bits per heavy atom. The molecule has 0 fully saturated rings. The first-order valence-electron chi connectivity index (χ1n) is 6.25. The third-order valence-electron chi connectivity index (χ3n) is 2.95. The summed E-state index contributed by atoms with van der Waals surface area (Å²) in [5.41, 5.74) is 1.31. The summed E-state index contributed by atoms with van der Waals surface area (Å²) in [4.78, 5) is 15.6. The molecule has 1 aromatic heterocycles. The quantitative estimate of drug-likeness (QED) is 0.887. The lowest BCUT2D eigenvalue weighted by Crippen LogP contribution is -2.24. The summed E-state index contributed by atoms with van der Waals surface area (Å²) < 4.78 is 1.84. The van der Waals surface area contributed by atoms with Gasteiger partial charge in [-0.15, -0.1) is 0 Å². The number of hydrogen-bond acceptors (Lipinski definition) is 3. The highest BCUT2D eigenvalue weighted by Gasteiger charge is 2.24. The molecule has 2 aromatic rings. The van der Waals surface area contributed by atoms with Crippen LogP contribution in [0.4, 0.5) is 5.69 Å². The Balaban J connectivity index is 2.29. The molecule has 106 valence electrons. The summed E-state index contributed by atoms with van der Waals surface area (Å²) in [5.74, 6) is -0.956. The van der Waals surface area contributed by atoms with Gasteiger partial charge in [-0.05, 0) is 38.1 Å². The molecule has 6 heteroatoms. The fourth-order valence-electron chi connectivity index (χ4n) is 1.94. The number of aliphatic carboxylic acids is 1. The number of carboxylic acids is 1. The normalized spacial score (nSPS) is 12.4. The maximum atomic E-state index is 11.5. The van der Waals surface area contributed by atoms with Crippen LogP contribution in [0.1, 0.15) is 31.6 Å². The molecule has 1 heterocycles. The third-order valence-corrected chi connectivity index (χ3v) is 3.20. The number of aromatic nitrogens is 2. The molecule has 20 heavy (non-hydrogen) atoms. The average molecular weight is 294 g/mol. The van der Waals surface area contributed by atoms with Gasteiger partial charge in [0.2, 0.25) is 0 Å². The van der Waals surface area contributed by atoms with Crippen molar-refractivity contribution in [1.29, 1.82) is 0 Å². The van der Waals surface area contributed by atoms with Gasteiger partial charge in [0.05, 0.1) is 18.2 Å². The summed E-state index contributed by atoms with van der Waals surface area (Å²) in [5, 5.41) is 13.0. The van der Waals surface area contributed by atoms with Crippen molar-refractivity contribution in [2.24, 2.45) is 0 Å². The zero-order valence-corrected chi connectivity index (χ0v) is 12.0. The van der Waals surface area contributed by atoms with Crippen LogP contribution in [-0.2, 0) is 4.79 Å². The van der Waals surface area contributed by atoms with Crippen LogP contribution >= 0.6 is 11.6 Å². The van der Waals surface area contributed by atoms with Crippen molar-refractivity contribution in [2.45, 2.75) is 25.9 Å². The van der Waals surface area contributed by atoms with Crippen LogP contribution in [-0.4, -0.2) is 20.6 Å². The van der Waals surface area contributed by atoms with Crippen molar-refractivity contribution < 1.29 is 9.90 Å². The average Bonchev–Trinajstić information content (AvgIpc) is 2.86. The molecule has 2 rings (SSSR count). The van der Waals surface area contributed by atoms with Crippen molar-refractivity contribution in [3.05, 3.63) is 47.5 Å². The summed E-state index contributed by atoms with van der Waals surface area (Å²) in [7, 11) is 0. The predicted octanol–water partition coefficient (Wildman–Crippen LogP) is 3.36. The Labute approximate surface area is 122 Å². The van der Waals surface area contributed by atoms with E-state index in [-0.39, 0.29) is 6.04 Å². The number of anilines is 1.